The molecule has 0 amide bonds. The van der Waals surface area contributed by atoms with Crippen molar-refractivity contribution in [3.8, 4) is 11.5 Å². The summed E-state index contributed by atoms with van der Waals surface area (Å²) in [6, 6.07) is 8.32. The van der Waals surface area contributed by atoms with Gasteiger partial charge in [0.15, 0.2) is 5.82 Å². The van der Waals surface area contributed by atoms with E-state index in [-0.39, 0.29) is 0 Å². The van der Waals surface area contributed by atoms with Gasteiger partial charge in [-0.3, -0.25) is 4.68 Å². The Kier molecular flexibility index (Phi) is 2.85. The van der Waals surface area contributed by atoms with Crippen LogP contribution in [-0.4, -0.2) is 19.7 Å². The molecule has 0 bridgehead atoms. The average molecular weight is 254 g/mol. The van der Waals surface area contributed by atoms with Crippen molar-refractivity contribution in [3.63, 3.8) is 0 Å². The minimum Gasteiger partial charge on any atom is -0.337 e. The molecule has 0 spiro atoms. The first-order valence-corrected chi connectivity index (χ1v) is 6.75. The highest BCUT2D eigenvalue weighted by Gasteiger charge is 2.12. The number of nitrogens with zero attached hydrogens (tertiary/aromatic N) is 3. The molecule has 2 aromatic heterocycles. The Labute approximate surface area is 112 Å². The third-order valence-corrected chi connectivity index (χ3v) is 3.45. The van der Waals surface area contributed by atoms with Gasteiger partial charge in [-0.2, -0.15) is 5.10 Å². The highest BCUT2D eigenvalue weighted by Crippen LogP contribution is 2.23. The van der Waals surface area contributed by atoms with E-state index in [1.54, 1.807) is 0 Å². The van der Waals surface area contributed by atoms with Crippen LogP contribution in [0, 0.1) is 6.92 Å². The standard InChI is InChI=1S/C15H18N4/c1-4-11-9-13(19(5-2)18-11)15-16-12-8-6-7-10(3)14(12)17-15/h6-9H,4-5H2,1-3H3,(H,16,17). The van der Waals surface area contributed by atoms with E-state index in [4.69, 9.17) is 4.98 Å². The molecule has 3 aromatic rings. The van der Waals surface area contributed by atoms with Crippen molar-refractivity contribution in [3.05, 3.63) is 35.5 Å². The van der Waals surface area contributed by atoms with Gasteiger partial charge in [0.25, 0.3) is 0 Å². The lowest BCUT2D eigenvalue weighted by atomic mass is 10.2. The monoisotopic (exact) mass is 254 g/mol. The summed E-state index contributed by atoms with van der Waals surface area (Å²) < 4.78 is 2.01. The molecule has 1 aromatic carbocycles. The first kappa shape index (κ1) is 12.0. The van der Waals surface area contributed by atoms with Gasteiger partial charge in [-0.15, -0.1) is 0 Å². The second kappa shape index (κ2) is 4.53. The molecule has 4 heteroatoms. The first-order valence-electron chi connectivity index (χ1n) is 6.75. The van der Waals surface area contributed by atoms with Crippen molar-refractivity contribution >= 4 is 11.0 Å². The van der Waals surface area contributed by atoms with E-state index in [0.717, 1.165) is 41.2 Å². The fraction of sp³-hybridized carbons (Fsp3) is 0.333. The number of H-pyrrole nitrogens is 1. The summed E-state index contributed by atoms with van der Waals surface area (Å²) in [4.78, 5) is 8.12. The lowest BCUT2D eigenvalue weighted by molar-refractivity contribution is 0.653. The smallest absolute Gasteiger partial charge is 0.156 e. The SMILES string of the molecule is CCc1cc(-c2nc3c(C)cccc3[nH]2)n(CC)n1. The van der Waals surface area contributed by atoms with Crippen LogP contribution in [-0.2, 0) is 13.0 Å². The van der Waals surface area contributed by atoms with E-state index >= 15 is 0 Å². The number of aromatic nitrogens is 4. The number of nitrogens with one attached hydrogen (secondary N) is 1. The van der Waals surface area contributed by atoms with Crippen LogP contribution in [0.4, 0.5) is 0 Å². The highest BCUT2D eigenvalue weighted by atomic mass is 15.3. The molecule has 3 rings (SSSR count). The first-order chi connectivity index (χ1) is 9.22. The fourth-order valence-electron chi connectivity index (χ4n) is 2.37. The Morgan fingerprint density at radius 3 is 2.79 bits per heavy atom. The fourth-order valence-corrected chi connectivity index (χ4v) is 2.37. The Bertz CT molecular complexity index is 721. The Hall–Kier alpha value is -2.10. The lowest BCUT2D eigenvalue weighted by Crippen LogP contribution is -2.00. The minimum atomic E-state index is 0.853. The topological polar surface area (TPSA) is 46.5 Å². The second-order valence-electron chi connectivity index (χ2n) is 4.75. The number of aryl methyl sites for hydroxylation is 3. The van der Waals surface area contributed by atoms with Gasteiger partial charge >= 0.3 is 0 Å². The molecule has 1 N–H and O–H groups in total. The molecule has 0 saturated heterocycles. The Morgan fingerprint density at radius 1 is 1.26 bits per heavy atom. The van der Waals surface area contributed by atoms with Crippen LogP contribution in [0.25, 0.3) is 22.6 Å². The number of hydrogen-bond donors (Lipinski definition) is 1. The van der Waals surface area contributed by atoms with Gasteiger partial charge in [-0.05, 0) is 38.0 Å². The van der Waals surface area contributed by atoms with Crippen molar-refractivity contribution in [2.24, 2.45) is 0 Å². The van der Waals surface area contributed by atoms with Crippen molar-refractivity contribution in [2.45, 2.75) is 33.7 Å². The molecular formula is C15H18N4. The molecule has 0 aliphatic rings. The zero-order valence-corrected chi connectivity index (χ0v) is 11.6. The molecule has 19 heavy (non-hydrogen) atoms. The maximum Gasteiger partial charge on any atom is 0.156 e. The van der Waals surface area contributed by atoms with E-state index in [9.17, 15) is 0 Å². The van der Waals surface area contributed by atoms with Crippen molar-refractivity contribution in [1.29, 1.82) is 0 Å². The number of hydrogen-bond acceptors (Lipinski definition) is 2. The van der Waals surface area contributed by atoms with Crippen LogP contribution in [0.1, 0.15) is 25.1 Å². The molecule has 4 nitrogen and oxygen atoms in total. The summed E-state index contributed by atoms with van der Waals surface area (Å²) in [5.41, 5.74) is 5.48. The van der Waals surface area contributed by atoms with Gasteiger partial charge in [0.2, 0.25) is 0 Å². The third-order valence-electron chi connectivity index (χ3n) is 3.45. The zero-order valence-electron chi connectivity index (χ0n) is 11.6. The number of fused-ring (bicyclic) bond motifs is 1. The summed E-state index contributed by atoms with van der Waals surface area (Å²) in [7, 11) is 0. The molecule has 0 saturated carbocycles. The largest absolute Gasteiger partial charge is 0.337 e. The second-order valence-corrected chi connectivity index (χ2v) is 4.75. The summed E-state index contributed by atoms with van der Waals surface area (Å²) in [6.07, 6.45) is 0.944. The van der Waals surface area contributed by atoms with Crippen LogP contribution in [0.2, 0.25) is 0 Å². The van der Waals surface area contributed by atoms with Crippen molar-refractivity contribution in [1.82, 2.24) is 19.7 Å². The maximum atomic E-state index is 4.72. The molecule has 0 unspecified atom stereocenters. The minimum absolute atomic E-state index is 0.853. The van der Waals surface area contributed by atoms with Gasteiger partial charge < -0.3 is 4.98 Å². The van der Waals surface area contributed by atoms with Crippen LogP contribution in [0.5, 0.6) is 0 Å². The van der Waals surface area contributed by atoms with Crippen LogP contribution < -0.4 is 0 Å². The van der Waals surface area contributed by atoms with E-state index in [1.807, 2.05) is 10.7 Å². The highest BCUT2D eigenvalue weighted by molar-refractivity contribution is 5.81. The molecule has 0 radical (unpaired) electrons. The van der Waals surface area contributed by atoms with Crippen molar-refractivity contribution < 1.29 is 0 Å². The normalized spacial score (nSPS) is 11.3. The Balaban J connectivity index is 2.18. The molecule has 98 valence electrons. The van der Waals surface area contributed by atoms with Gasteiger partial charge in [0.1, 0.15) is 5.69 Å². The average Bonchev–Trinajstić information content (AvgIpc) is 3.02. The molecule has 0 atom stereocenters. The molecular weight excluding hydrogens is 236 g/mol. The summed E-state index contributed by atoms with van der Waals surface area (Å²) in [6.45, 7) is 7.16. The van der Waals surface area contributed by atoms with Gasteiger partial charge in [-0.25, -0.2) is 4.98 Å². The summed E-state index contributed by atoms with van der Waals surface area (Å²) in [5, 5.41) is 4.57. The van der Waals surface area contributed by atoms with Crippen LogP contribution in [0.15, 0.2) is 24.3 Å². The molecule has 0 fully saturated rings. The van der Waals surface area contributed by atoms with Crippen molar-refractivity contribution in [2.75, 3.05) is 0 Å². The molecule has 2 heterocycles. The number of benzene rings is 1. The molecule has 0 aliphatic heterocycles. The summed E-state index contributed by atoms with van der Waals surface area (Å²) >= 11 is 0. The van der Waals surface area contributed by atoms with Crippen LogP contribution >= 0.6 is 0 Å². The predicted octanol–water partition coefficient (Wildman–Crippen LogP) is 3.32. The van der Waals surface area contributed by atoms with E-state index in [2.05, 4.69) is 49.1 Å². The van der Waals surface area contributed by atoms with E-state index in [0.29, 0.717) is 0 Å². The number of aromatic amines is 1. The van der Waals surface area contributed by atoms with E-state index in [1.165, 1.54) is 5.56 Å². The quantitative estimate of drug-likeness (QED) is 0.779. The number of para-hydroxylation sites is 1. The van der Waals surface area contributed by atoms with E-state index < -0.39 is 0 Å². The number of imidazole rings is 1. The van der Waals surface area contributed by atoms with Gasteiger partial charge in [0.05, 0.1) is 16.7 Å². The zero-order chi connectivity index (χ0) is 13.4. The summed E-state index contributed by atoms with van der Waals surface area (Å²) in [5.74, 6) is 0.901. The Morgan fingerprint density at radius 2 is 2.11 bits per heavy atom. The van der Waals surface area contributed by atoms with Crippen LogP contribution in [0.3, 0.4) is 0 Å². The third kappa shape index (κ3) is 1.93. The predicted molar refractivity (Wildman–Crippen MR) is 77.1 cm³/mol. The number of rotatable bonds is 3. The lowest BCUT2D eigenvalue weighted by Gasteiger charge is -2.00. The molecule has 0 aliphatic carbocycles. The van der Waals surface area contributed by atoms with Gasteiger partial charge in [0, 0.05) is 6.54 Å². The van der Waals surface area contributed by atoms with Gasteiger partial charge in [-0.1, -0.05) is 19.1 Å². The maximum absolute atomic E-state index is 4.72.